The highest BCUT2D eigenvalue weighted by molar-refractivity contribution is 5.27. The van der Waals surface area contributed by atoms with Gasteiger partial charge in [0.2, 0.25) is 0 Å². The molecule has 2 rings (SSSR count). The van der Waals surface area contributed by atoms with E-state index in [2.05, 4.69) is 5.32 Å². The summed E-state index contributed by atoms with van der Waals surface area (Å²) >= 11 is 0. The van der Waals surface area contributed by atoms with E-state index in [1.54, 1.807) is 13.0 Å². The summed E-state index contributed by atoms with van der Waals surface area (Å²) in [4.78, 5) is 0. The van der Waals surface area contributed by atoms with Gasteiger partial charge in [0.05, 0.1) is 0 Å². The molecule has 0 spiro atoms. The average molecular weight is 208 g/mol. The minimum Gasteiger partial charge on any atom is -0.324 e. The van der Waals surface area contributed by atoms with Crippen LogP contribution in [0, 0.1) is 18.7 Å². The minimum atomic E-state index is -0.157. The molecule has 1 saturated heterocycles. The van der Waals surface area contributed by atoms with Crippen LogP contribution in [0.5, 0.6) is 0 Å². The number of benzene rings is 1. The third-order valence-electron chi connectivity index (χ3n) is 3.17. The van der Waals surface area contributed by atoms with Crippen molar-refractivity contribution in [1.82, 2.24) is 5.32 Å². The molecule has 1 aromatic rings. The van der Waals surface area contributed by atoms with Crippen LogP contribution in [-0.4, -0.2) is 13.1 Å². The molecule has 2 nitrogen and oxygen atoms in total. The van der Waals surface area contributed by atoms with Crippen molar-refractivity contribution in [2.75, 3.05) is 13.1 Å². The Bertz CT molecular complexity index is 345. The standard InChI is InChI=1S/C12H17FN2/c1-8-6-9(2-3-11(8)13)12(14)10-4-5-15-7-10/h2-3,6,10,12,15H,4-5,7,14H2,1H3. The Hall–Kier alpha value is -0.930. The van der Waals surface area contributed by atoms with Crippen LogP contribution in [0.15, 0.2) is 18.2 Å². The van der Waals surface area contributed by atoms with Crippen molar-refractivity contribution in [3.05, 3.63) is 35.1 Å². The van der Waals surface area contributed by atoms with Crippen molar-refractivity contribution >= 4 is 0 Å². The summed E-state index contributed by atoms with van der Waals surface area (Å²) in [7, 11) is 0. The summed E-state index contributed by atoms with van der Waals surface area (Å²) in [6.45, 7) is 3.79. The van der Waals surface area contributed by atoms with Crippen molar-refractivity contribution in [1.29, 1.82) is 0 Å². The number of hydrogen-bond acceptors (Lipinski definition) is 2. The largest absolute Gasteiger partial charge is 0.324 e. The zero-order chi connectivity index (χ0) is 10.8. The molecule has 15 heavy (non-hydrogen) atoms. The second kappa shape index (κ2) is 4.29. The van der Waals surface area contributed by atoms with E-state index in [-0.39, 0.29) is 11.9 Å². The quantitative estimate of drug-likeness (QED) is 0.777. The SMILES string of the molecule is Cc1cc(C(N)C2CCNC2)ccc1F. The molecule has 1 heterocycles. The van der Waals surface area contributed by atoms with Gasteiger partial charge in [0.25, 0.3) is 0 Å². The normalized spacial score (nSPS) is 23.0. The van der Waals surface area contributed by atoms with Gasteiger partial charge in [0, 0.05) is 6.04 Å². The van der Waals surface area contributed by atoms with Crippen LogP contribution in [0.4, 0.5) is 4.39 Å². The lowest BCUT2D eigenvalue weighted by Crippen LogP contribution is -2.23. The van der Waals surface area contributed by atoms with Crippen molar-refractivity contribution in [3.63, 3.8) is 0 Å². The summed E-state index contributed by atoms with van der Waals surface area (Å²) in [5.41, 5.74) is 7.88. The molecule has 1 aromatic carbocycles. The number of rotatable bonds is 2. The van der Waals surface area contributed by atoms with E-state index in [1.165, 1.54) is 6.07 Å². The molecule has 2 unspecified atom stereocenters. The van der Waals surface area contributed by atoms with Crippen LogP contribution in [0.25, 0.3) is 0 Å². The fraction of sp³-hybridized carbons (Fsp3) is 0.500. The molecule has 0 bridgehead atoms. The van der Waals surface area contributed by atoms with E-state index in [0.29, 0.717) is 11.5 Å². The van der Waals surface area contributed by atoms with Crippen LogP contribution in [0.1, 0.15) is 23.6 Å². The van der Waals surface area contributed by atoms with Crippen LogP contribution in [0.2, 0.25) is 0 Å². The molecule has 82 valence electrons. The summed E-state index contributed by atoms with van der Waals surface area (Å²) in [6.07, 6.45) is 1.11. The Kier molecular flexibility index (Phi) is 3.03. The number of hydrogen-bond donors (Lipinski definition) is 2. The monoisotopic (exact) mass is 208 g/mol. The molecule has 0 radical (unpaired) electrons. The molecular formula is C12H17FN2. The average Bonchev–Trinajstić information content (AvgIpc) is 2.74. The van der Waals surface area contributed by atoms with E-state index in [4.69, 9.17) is 5.73 Å². The smallest absolute Gasteiger partial charge is 0.126 e. The van der Waals surface area contributed by atoms with Crippen molar-refractivity contribution in [2.24, 2.45) is 11.7 Å². The van der Waals surface area contributed by atoms with Gasteiger partial charge in [0.1, 0.15) is 5.82 Å². The van der Waals surface area contributed by atoms with Gasteiger partial charge in [-0.1, -0.05) is 12.1 Å². The number of aryl methyl sites for hydroxylation is 1. The highest BCUT2D eigenvalue weighted by Gasteiger charge is 2.23. The molecule has 3 N–H and O–H groups in total. The van der Waals surface area contributed by atoms with Gasteiger partial charge in [-0.2, -0.15) is 0 Å². The van der Waals surface area contributed by atoms with Gasteiger partial charge in [-0.05, 0) is 49.5 Å². The van der Waals surface area contributed by atoms with E-state index in [0.717, 1.165) is 25.1 Å². The molecular weight excluding hydrogens is 191 g/mol. The summed E-state index contributed by atoms with van der Waals surface area (Å²) in [6, 6.07) is 5.19. The van der Waals surface area contributed by atoms with Gasteiger partial charge < -0.3 is 11.1 Å². The van der Waals surface area contributed by atoms with Gasteiger partial charge in [-0.3, -0.25) is 0 Å². The Labute approximate surface area is 89.7 Å². The van der Waals surface area contributed by atoms with Gasteiger partial charge in [-0.15, -0.1) is 0 Å². The third kappa shape index (κ3) is 2.19. The minimum absolute atomic E-state index is 0.0271. The van der Waals surface area contributed by atoms with E-state index >= 15 is 0 Å². The Morgan fingerprint density at radius 2 is 2.33 bits per heavy atom. The zero-order valence-corrected chi connectivity index (χ0v) is 8.96. The van der Waals surface area contributed by atoms with Crippen LogP contribution >= 0.6 is 0 Å². The highest BCUT2D eigenvalue weighted by atomic mass is 19.1. The predicted octanol–water partition coefficient (Wildman–Crippen LogP) is 1.74. The van der Waals surface area contributed by atoms with E-state index in [1.807, 2.05) is 6.07 Å². The maximum atomic E-state index is 13.1. The summed E-state index contributed by atoms with van der Waals surface area (Å²) in [5, 5.41) is 3.29. The van der Waals surface area contributed by atoms with E-state index in [9.17, 15) is 4.39 Å². The van der Waals surface area contributed by atoms with Crippen molar-refractivity contribution in [2.45, 2.75) is 19.4 Å². The Morgan fingerprint density at radius 3 is 2.93 bits per heavy atom. The van der Waals surface area contributed by atoms with Crippen LogP contribution in [0.3, 0.4) is 0 Å². The molecule has 2 atom stereocenters. The third-order valence-corrected chi connectivity index (χ3v) is 3.17. The fourth-order valence-electron chi connectivity index (χ4n) is 2.13. The van der Waals surface area contributed by atoms with E-state index < -0.39 is 0 Å². The van der Waals surface area contributed by atoms with Gasteiger partial charge in [-0.25, -0.2) is 4.39 Å². The predicted molar refractivity (Wildman–Crippen MR) is 59.0 cm³/mol. The lowest BCUT2D eigenvalue weighted by molar-refractivity contribution is 0.469. The Balaban J connectivity index is 2.17. The molecule has 0 amide bonds. The molecule has 1 aliphatic heterocycles. The molecule has 1 fully saturated rings. The van der Waals surface area contributed by atoms with Crippen molar-refractivity contribution in [3.8, 4) is 0 Å². The number of nitrogens with two attached hydrogens (primary N) is 1. The Morgan fingerprint density at radius 1 is 1.53 bits per heavy atom. The lowest BCUT2D eigenvalue weighted by Gasteiger charge is -2.19. The first-order valence-corrected chi connectivity index (χ1v) is 5.41. The first-order valence-electron chi connectivity index (χ1n) is 5.41. The molecule has 3 heteroatoms. The second-order valence-corrected chi connectivity index (χ2v) is 4.29. The maximum Gasteiger partial charge on any atom is 0.126 e. The molecule has 1 aliphatic rings. The maximum absolute atomic E-state index is 13.1. The van der Waals surface area contributed by atoms with Crippen molar-refractivity contribution < 1.29 is 4.39 Å². The van der Waals surface area contributed by atoms with Gasteiger partial charge >= 0.3 is 0 Å². The number of nitrogens with one attached hydrogen (secondary N) is 1. The van der Waals surface area contributed by atoms with Crippen LogP contribution in [-0.2, 0) is 0 Å². The molecule has 0 saturated carbocycles. The number of halogens is 1. The fourth-order valence-corrected chi connectivity index (χ4v) is 2.13. The molecule has 0 aromatic heterocycles. The molecule has 0 aliphatic carbocycles. The summed E-state index contributed by atoms with van der Waals surface area (Å²) in [5.74, 6) is 0.324. The highest BCUT2D eigenvalue weighted by Crippen LogP contribution is 2.25. The lowest BCUT2D eigenvalue weighted by atomic mass is 9.92. The van der Waals surface area contributed by atoms with Crippen LogP contribution < -0.4 is 11.1 Å². The topological polar surface area (TPSA) is 38.0 Å². The first kappa shape index (κ1) is 10.6. The van der Waals surface area contributed by atoms with Gasteiger partial charge in [0.15, 0.2) is 0 Å². The zero-order valence-electron chi connectivity index (χ0n) is 8.96. The second-order valence-electron chi connectivity index (χ2n) is 4.29. The summed E-state index contributed by atoms with van der Waals surface area (Å²) < 4.78 is 13.1. The first-order chi connectivity index (χ1) is 7.18.